The number of hydrogen-bond acceptors (Lipinski definition) is 5. The van der Waals surface area contributed by atoms with Crippen molar-refractivity contribution in [2.75, 3.05) is 37.8 Å². The van der Waals surface area contributed by atoms with Crippen LogP contribution in [0.15, 0.2) is 24.3 Å². The minimum atomic E-state index is -0.298. The van der Waals surface area contributed by atoms with Crippen molar-refractivity contribution in [3.63, 3.8) is 0 Å². The largest absolute Gasteiger partial charge is 0.394 e. The Labute approximate surface area is 142 Å². The highest BCUT2D eigenvalue weighted by Crippen LogP contribution is 2.33. The van der Waals surface area contributed by atoms with Crippen LogP contribution in [-0.4, -0.2) is 48.1 Å². The Kier molecular flexibility index (Phi) is 4.66. The van der Waals surface area contributed by atoms with E-state index < -0.39 is 0 Å². The number of benzene rings is 1. The van der Waals surface area contributed by atoms with E-state index in [0.717, 1.165) is 31.7 Å². The van der Waals surface area contributed by atoms with Gasteiger partial charge in [0.15, 0.2) is 5.82 Å². The average Bonchev–Trinajstić information content (AvgIpc) is 2.56. The van der Waals surface area contributed by atoms with Crippen molar-refractivity contribution in [3.8, 4) is 11.3 Å². The number of rotatable bonds is 3. The van der Waals surface area contributed by atoms with Crippen molar-refractivity contribution < 1.29 is 4.39 Å². The molecule has 3 rings (SSSR count). The smallest absolute Gasteiger partial charge is 0.156 e. The highest BCUT2D eigenvalue weighted by atomic mass is 19.1. The molecule has 1 aliphatic heterocycles. The highest BCUT2D eigenvalue weighted by molar-refractivity contribution is 5.81. The number of nitrogen functional groups attached to an aromatic ring is 1. The maximum absolute atomic E-state index is 13.6. The van der Waals surface area contributed by atoms with E-state index in [1.165, 1.54) is 12.1 Å². The van der Waals surface area contributed by atoms with E-state index in [1.54, 1.807) is 6.07 Å². The van der Waals surface area contributed by atoms with Gasteiger partial charge in [0.1, 0.15) is 17.3 Å². The second kappa shape index (κ2) is 6.73. The van der Waals surface area contributed by atoms with Crippen molar-refractivity contribution in [1.82, 2.24) is 14.9 Å². The number of nitrogens with zero attached hydrogens (tertiary/aromatic N) is 4. The molecule has 24 heavy (non-hydrogen) atoms. The lowest BCUT2D eigenvalue weighted by molar-refractivity contribution is 0.252. The number of aryl methyl sites for hydroxylation is 1. The van der Waals surface area contributed by atoms with Crippen LogP contribution >= 0.6 is 0 Å². The molecule has 1 aromatic heterocycles. The van der Waals surface area contributed by atoms with Crippen LogP contribution in [0.3, 0.4) is 0 Å². The SMILES string of the molecule is Cc1nc(-c2cccc(F)c2)c(N)c(N(C)C2CCN(C)CC2)n1. The molecule has 5 nitrogen and oxygen atoms in total. The lowest BCUT2D eigenvalue weighted by atomic mass is 10.0. The normalized spacial score (nSPS) is 16.3. The van der Waals surface area contributed by atoms with Crippen LogP contribution in [0.2, 0.25) is 0 Å². The lowest BCUT2D eigenvalue weighted by Crippen LogP contribution is -2.42. The minimum Gasteiger partial charge on any atom is -0.394 e. The minimum absolute atomic E-state index is 0.298. The van der Waals surface area contributed by atoms with Crippen LogP contribution in [0.4, 0.5) is 15.9 Å². The molecular weight excluding hydrogens is 305 g/mol. The molecule has 128 valence electrons. The van der Waals surface area contributed by atoms with Crippen molar-refractivity contribution in [2.45, 2.75) is 25.8 Å². The van der Waals surface area contributed by atoms with Crippen LogP contribution in [-0.2, 0) is 0 Å². The van der Waals surface area contributed by atoms with Gasteiger partial charge in [-0.05, 0) is 52.0 Å². The number of piperidine rings is 1. The molecule has 1 aromatic carbocycles. The van der Waals surface area contributed by atoms with E-state index in [2.05, 4.69) is 26.8 Å². The van der Waals surface area contributed by atoms with Crippen LogP contribution in [0.5, 0.6) is 0 Å². The molecule has 0 saturated carbocycles. The molecule has 0 radical (unpaired) electrons. The molecule has 0 bridgehead atoms. The number of nitrogens with two attached hydrogens (primary N) is 1. The summed E-state index contributed by atoms with van der Waals surface area (Å²) in [4.78, 5) is 13.5. The highest BCUT2D eigenvalue weighted by Gasteiger charge is 2.24. The van der Waals surface area contributed by atoms with Gasteiger partial charge in [-0.3, -0.25) is 0 Å². The van der Waals surface area contributed by atoms with Gasteiger partial charge in [-0.1, -0.05) is 12.1 Å². The van der Waals surface area contributed by atoms with E-state index in [9.17, 15) is 4.39 Å². The van der Waals surface area contributed by atoms with E-state index in [0.29, 0.717) is 28.8 Å². The van der Waals surface area contributed by atoms with Crippen molar-refractivity contribution in [3.05, 3.63) is 35.9 Å². The zero-order chi connectivity index (χ0) is 17.3. The van der Waals surface area contributed by atoms with Crippen LogP contribution in [0.25, 0.3) is 11.3 Å². The number of aromatic nitrogens is 2. The molecule has 6 heteroatoms. The zero-order valence-electron chi connectivity index (χ0n) is 14.5. The van der Waals surface area contributed by atoms with Crippen LogP contribution in [0.1, 0.15) is 18.7 Å². The fourth-order valence-electron chi connectivity index (χ4n) is 3.25. The van der Waals surface area contributed by atoms with Gasteiger partial charge in [0.2, 0.25) is 0 Å². The fraction of sp³-hybridized carbons (Fsp3) is 0.444. The second-order valence-corrected chi connectivity index (χ2v) is 6.51. The summed E-state index contributed by atoms with van der Waals surface area (Å²) in [5.41, 5.74) is 8.15. The summed E-state index contributed by atoms with van der Waals surface area (Å²) in [5, 5.41) is 0. The summed E-state index contributed by atoms with van der Waals surface area (Å²) >= 11 is 0. The van der Waals surface area contributed by atoms with Gasteiger partial charge in [0.05, 0.1) is 5.69 Å². The summed E-state index contributed by atoms with van der Waals surface area (Å²) in [7, 11) is 4.17. The topological polar surface area (TPSA) is 58.3 Å². The summed E-state index contributed by atoms with van der Waals surface area (Å²) in [6, 6.07) is 6.76. The standard InChI is InChI=1S/C18H24FN5/c1-12-21-17(13-5-4-6-14(19)11-13)16(20)18(22-12)24(3)15-7-9-23(2)10-8-15/h4-6,11,15H,7-10,20H2,1-3H3. The Hall–Kier alpha value is -2.21. The predicted octanol–water partition coefficient (Wildman–Crippen LogP) is 2.70. The molecule has 0 spiro atoms. The number of likely N-dealkylation sites (tertiary alicyclic amines) is 1. The van der Waals surface area contributed by atoms with E-state index >= 15 is 0 Å². The lowest BCUT2D eigenvalue weighted by Gasteiger charge is -2.36. The average molecular weight is 329 g/mol. The third kappa shape index (κ3) is 3.33. The molecule has 0 atom stereocenters. The Balaban J connectivity index is 1.97. The van der Waals surface area contributed by atoms with E-state index in [4.69, 9.17) is 5.73 Å². The molecule has 1 aliphatic rings. The number of anilines is 2. The maximum Gasteiger partial charge on any atom is 0.156 e. The molecule has 1 saturated heterocycles. The predicted molar refractivity (Wildman–Crippen MR) is 95.5 cm³/mol. The third-order valence-electron chi connectivity index (χ3n) is 4.71. The maximum atomic E-state index is 13.6. The van der Waals surface area contributed by atoms with Crippen LogP contribution < -0.4 is 10.6 Å². The Morgan fingerprint density at radius 1 is 1.25 bits per heavy atom. The molecule has 2 heterocycles. The van der Waals surface area contributed by atoms with Gasteiger partial charge in [-0.25, -0.2) is 14.4 Å². The number of hydrogen-bond donors (Lipinski definition) is 1. The first-order valence-electron chi connectivity index (χ1n) is 8.27. The van der Waals surface area contributed by atoms with Crippen molar-refractivity contribution in [1.29, 1.82) is 0 Å². The number of halogens is 1. The summed E-state index contributed by atoms with van der Waals surface area (Å²) < 4.78 is 13.6. The quantitative estimate of drug-likeness (QED) is 0.938. The summed E-state index contributed by atoms with van der Waals surface area (Å²) in [6.07, 6.45) is 2.15. The van der Waals surface area contributed by atoms with E-state index in [1.807, 2.05) is 20.0 Å². The monoisotopic (exact) mass is 329 g/mol. The Morgan fingerprint density at radius 3 is 2.62 bits per heavy atom. The van der Waals surface area contributed by atoms with Crippen molar-refractivity contribution >= 4 is 11.5 Å². The second-order valence-electron chi connectivity index (χ2n) is 6.51. The van der Waals surface area contributed by atoms with Crippen LogP contribution in [0, 0.1) is 12.7 Å². The first-order chi connectivity index (χ1) is 11.5. The molecule has 0 aliphatic carbocycles. The Bertz CT molecular complexity index is 725. The van der Waals surface area contributed by atoms with Gasteiger partial charge in [0.25, 0.3) is 0 Å². The van der Waals surface area contributed by atoms with Gasteiger partial charge in [-0.2, -0.15) is 0 Å². The fourth-order valence-corrected chi connectivity index (χ4v) is 3.25. The first-order valence-corrected chi connectivity index (χ1v) is 8.27. The molecule has 2 aromatic rings. The van der Waals surface area contributed by atoms with Crippen molar-refractivity contribution in [2.24, 2.45) is 0 Å². The van der Waals surface area contributed by atoms with Gasteiger partial charge in [0, 0.05) is 18.7 Å². The molecular formula is C18H24FN5. The Morgan fingerprint density at radius 2 is 1.96 bits per heavy atom. The molecule has 0 amide bonds. The summed E-state index contributed by atoms with van der Waals surface area (Å²) in [5.74, 6) is 1.07. The van der Waals surface area contributed by atoms with Gasteiger partial charge >= 0.3 is 0 Å². The van der Waals surface area contributed by atoms with Gasteiger partial charge < -0.3 is 15.5 Å². The summed E-state index contributed by atoms with van der Waals surface area (Å²) in [6.45, 7) is 3.97. The third-order valence-corrected chi connectivity index (χ3v) is 4.71. The molecule has 0 unspecified atom stereocenters. The first kappa shape index (κ1) is 16.6. The van der Waals surface area contributed by atoms with Gasteiger partial charge in [-0.15, -0.1) is 0 Å². The zero-order valence-corrected chi connectivity index (χ0v) is 14.5. The van der Waals surface area contributed by atoms with E-state index in [-0.39, 0.29) is 5.82 Å². The molecule has 1 fully saturated rings. The molecule has 2 N–H and O–H groups in total.